The summed E-state index contributed by atoms with van der Waals surface area (Å²) in [6, 6.07) is 4.83. The molecule has 0 aromatic heterocycles. The van der Waals surface area contributed by atoms with E-state index in [4.69, 9.17) is 9.47 Å². The zero-order chi connectivity index (χ0) is 19.9. The Morgan fingerprint density at radius 1 is 1.37 bits per heavy atom. The lowest BCUT2D eigenvalue weighted by Gasteiger charge is -2.31. The molecule has 0 radical (unpaired) electrons. The summed E-state index contributed by atoms with van der Waals surface area (Å²) in [5, 5.41) is 2.89. The van der Waals surface area contributed by atoms with Gasteiger partial charge in [0.15, 0.2) is 0 Å². The van der Waals surface area contributed by atoms with Gasteiger partial charge in [-0.1, -0.05) is 0 Å². The lowest BCUT2D eigenvalue weighted by Crippen LogP contribution is -2.45. The molecule has 27 heavy (non-hydrogen) atoms. The smallest absolute Gasteiger partial charge is 0.243 e. The number of amides is 1. The largest absolute Gasteiger partial charge is 0.496 e. The van der Waals surface area contributed by atoms with E-state index in [0.717, 1.165) is 12.0 Å². The van der Waals surface area contributed by atoms with Crippen LogP contribution in [-0.4, -0.2) is 58.6 Å². The predicted octanol–water partition coefficient (Wildman–Crippen LogP) is 1.95. The number of rotatable bonds is 9. The van der Waals surface area contributed by atoms with Crippen LogP contribution in [0.4, 0.5) is 0 Å². The van der Waals surface area contributed by atoms with Crippen LogP contribution in [0, 0.1) is 12.8 Å². The van der Waals surface area contributed by atoms with Crippen LogP contribution in [0.2, 0.25) is 0 Å². The molecular weight excluding hydrogens is 368 g/mol. The second-order valence-corrected chi connectivity index (χ2v) is 8.61. The number of piperidine rings is 1. The topological polar surface area (TPSA) is 84.9 Å². The van der Waals surface area contributed by atoms with E-state index in [0.29, 0.717) is 44.9 Å². The maximum Gasteiger partial charge on any atom is 0.243 e. The molecule has 1 aliphatic heterocycles. The summed E-state index contributed by atoms with van der Waals surface area (Å²) in [5.74, 6) is 0.245. The molecule has 0 aliphatic carbocycles. The summed E-state index contributed by atoms with van der Waals surface area (Å²) in [6.45, 7) is 6.20. The zero-order valence-corrected chi connectivity index (χ0v) is 17.2. The van der Waals surface area contributed by atoms with Gasteiger partial charge in [0.05, 0.1) is 17.9 Å². The van der Waals surface area contributed by atoms with Gasteiger partial charge in [-0.05, 0) is 56.9 Å². The molecule has 0 spiro atoms. The van der Waals surface area contributed by atoms with E-state index in [1.54, 1.807) is 25.3 Å². The lowest BCUT2D eigenvalue weighted by atomic mass is 9.99. The first-order chi connectivity index (χ1) is 12.9. The van der Waals surface area contributed by atoms with Gasteiger partial charge in [-0.15, -0.1) is 0 Å². The molecule has 0 unspecified atom stereocenters. The first kappa shape index (κ1) is 21.7. The number of hydrogen-bond donors (Lipinski definition) is 1. The molecular formula is C19H30N2O5S. The van der Waals surface area contributed by atoms with Gasteiger partial charge in [0.2, 0.25) is 15.9 Å². The van der Waals surface area contributed by atoms with E-state index in [1.165, 1.54) is 4.31 Å². The van der Waals surface area contributed by atoms with Gasteiger partial charge in [-0.25, -0.2) is 8.42 Å². The number of benzene rings is 1. The minimum absolute atomic E-state index is 0.0858. The molecule has 1 atom stereocenters. The fourth-order valence-electron chi connectivity index (χ4n) is 3.21. The number of aryl methyl sites for hydroxylation is 1. The summed E-state index contributed by atoms with van der Waals surface area (Å²) in [7, 11) is -2.08. The van der Waals surface area contributed by atoms with E-state index >= 15 is 0 Å². The van der Waals surface area contributed by atoms with E-state index in [-0.39, 0.29) is 23.3 Å². The molecule has 8 heteroatoms. The molecule has 0 bridgehead atoms. The van der Waals surface area contributed by atoms with Crippen LogP contribution in [0.25, 0.3) is 0 Å². The van der Waals surface area contributed by atoms with Gasteiger partial charge in [-0.2, -0.15) is 4.31 Å². The number of nitrogens with one attached hydrogen (secondary N) is 1. The van der Waals surface area contributed by atoms with Crippen molar-refractivity contribution < 1.29 is 22.7 Å². The van der Waals surface area contributed by atoms with Crippen LogP contribution in [0.5, 0.6) is 5.75 Å². The van der Waals surface area contributed by atoms with Crippen molar-refractivity contribution in [3.8, 4) is 5.75 Å². The Hall–Kier alpha value is -1.64. The number of nitrogens with zero attached hydrogens (tertiary/aromatic N) is 1. The summed E-state index contributed by atoms with van der Waals surface area (Å²) >= 11 is 0. The van der Waals surface area contributed by atoms with Crippen LogP contribution >= 0.6 is 0 Å². The Labute approximate surface area is 162 Å². The SMILES string of the molecule is CCOCCCNC(=O)[C@@H]1CCCN(S(=O)(=O)c2ccc(OC)c(C)c2)C1. The fourth-order valence-corrected chi connectivity index (χ4v) is 4.82. The first-order valence-electron chi connectivity index (χ1n) is 9.40. The summed E-state index contributed by atoms with van der Waals surface area (Å²) in [6.07, 6.45) is 2.12. The van der Waals surface area contributed by atoms with Crippen LogP contribution in [0.15, 0.2) is 23.1 Å². The average molecular weight is 399 g/mol. The van der Waals surface area contributed by atoms with E-state index < -0.39 is 10.0 Å². The number of carbonyl (C=O) groups excluding carboxylic acids is 1. The van der Waals surface area contributed by atoms with Gasteiger partial charge < -0.3 is 14.8 Å². The molecule has 1 amide bonds. The van der Waals surface area contributed by atoms with Crippen molar-refractivity contribution >= 4 is 15.9 Å². The Morgan fingerprint density at radius 2 is 2.15 bits per heavy atom. The second kappa shape index (κ2) is 10.1. The van der Waals surface area contributed by atoms with Crippen molar-refractivity contribution in [3.63, 3.8) is 0 Å². The molecule has 1 aromatic rings. The molecule has 1 N–H and O–H groups in total. The van der Waals surface area contributed by atoms with Gasteiger partial charge in [0.25, 0.3) is 0 Å². The Morgan fingerprint density at radius 3 is 2.81 bits per heavy atom. The standard InChI is InChI=1S/C19H30N2O5S/c1-4-26-12-6-10-20-19(22)16-7-5-11-21(14-16)27(23,24)17-8-9-18(25-3)15(2)13-17/h8-9,13,16H,4-7,10-12,14H2,1-3H3,(H,20,22)/t16-/m1/s1. The first-order valence-corrected chi connectivity index (χ1v) is 10.8. The van der Waals surface area contributed by atoms with Crippen LogP contribution in [0.3, 0.4) is 0 Å². The molecule has 1 aromatic carbocycles. The quantitative estimate of drug-likeness (QED) is 0.643. The molecule has 152 valence electrons. The zero-order valence-electron chi connectivity index (χ0n) is 16.4. The summed E-state index contributed by atoms with van der Waals surface area (Å²) < 4.78 is 37.8. The van der Waals surface area contributed by atoms with Gasteiger partial charge >= 0.3 is 0 Å². The Balaban J connectivity index is 1.99. The third kappa shape index (κ3) is 5.67. The molecule has 1 heterocycles. The highest BCUT2D eigenvalue weighted by molar-refractivity contribution is 7.89. The Kier molecular flexibility index (Phi) is 8.07. The lowest BCUT2D eigenvalue weighted by molar-refractivity contribution is -0.126. The van der Waals surface area contributed by atoms with Crippen LogP contribution in [0.1, 0.15) is 31.7 Å². The van der Waals surface area contributed by atoms with E-state index in [1.807, 2.05) is 13.8 Å². The number of sulfonamides is 1. The van der Waals surface area contributed by atoms with E-state index in [2.05, 4.69) is 5.32 Å². The molecule has 1 aliphatic rings. The maximum atomic E-state index is 13.0. The minimum atomic E-state index is -3.63. The van der Waals surface area contributed by atoms with Crippen molar-refractivity contribution in [3.05, 3.63) is 23.8 Å². The fraction of sp³-hybridized carbons (Fsp3) is 0.632. The van der Waals surface area contributed by atoms with Gasteiger partial charge in [0.1, 0.15) is 5.75 Å². The van der Waals surface area contributed by atoms with Crippen molar-refractivity contribution in [2.45, 2.75) is 38.0 Å². The van der Waals surface area contributed by atoms with Crippen LogP contribution in [-0.2, 0) is 19.6 Å². The van der Waals surface area contributed by atoms with Crippen molar-refractivity contribution in [1.29, 1.82) is 0 Å². The summed E-state index contributed by atoms with van der Waals surface area (Å²) in [5.41, 5.74) is 0.763. The monoisotopic (exact) mass is 398 g/mol. The molecule has 0 saturated carbocycles. The average Bonchev–Trinajstić information content (AvgIpc) is 2.67. The maximum absolute atomic E-state index is 13.0. The highest BCUT2D eigenvalue weighted by atomic mass is 32.2. The molecule has 2 rings (SSSR count). The van der Waals surface area contributed by atoms with Gasteiger partial charge in [-0.3, -0.25) is 4.79 Å². The highest BCUT2D eigenvalue weighted by Crippen LogP contribution is 2.27. The minimum Gasteiger partial charge on any atom is -0.496 e. The van der Waals surface area contributed by atoms with Gasteiger partial charge in [0, 0.05) is 32.8 Å². The highest BCUT2D eigenvalue weighted by Gasteiger charge is 2.33. The third-order valence-electron chi connectivity index (χ3n) is 4.73. The van der Waals surface area contributed by atoms with Crippen molar-refractivity contribution in [2.24, 2.45) is 5.92 Å². The van der Waals surface area contributed by atoms with Crippen LogP contribution < -0.4 is 10.1 Å². The number of hydrogen-bond acceptors (Lipinski definition) is 5. The second-order valence-electron chi connectivity index (χ2n) is 6.68. The predicted molar refractivity (Wildman–Crippen MR) is 103 cm³/mol. The Bertz CT molecular complexity index is 736. The van der Waals surface area contributed by atoms with Crippen molar-refractivity contribution in [1.82, 2.24) is 9.62 Å². The molecule has 1 fully saturated rings. The normalized spacial score (nSPS) is 18.3. The van der Waals surface area contributed by atoms with Crippen molar-refractivity contribution in [2.75, 3.05) is 40.0 Å². The molecule has 7 nitrogen and oxygen atoms in total. The number of carbonyl (C=O) groups is 1. The summed E-state index contributed by atoms with van der Waals surface area (Å²) in [4.78, 5) is 12.6. The number of ether oxygens (including phenoxy) is 2. The van der Waals surface area contributed by atoms with E-state index in [9.17, 15) is 13.2 Å². The third-order valence-corrected chi connectivity index (χ3v) is 6.59. The number of methoxy groups -OCH3 is 1. The molecule has 1 saturated heterocycles.